The summed E-state index contributed by atoms with van der Waals surface area (Å²) in [5, 5.41) is 0. The number of esters is 2. The molecule has 3 aromatic rings. The van der Waals surface area contributed by atoms with Crippen molar-refractivity contribution in [1.82, 2.24) is 0 Å². The van der Waals surface area contributed by atoms with E-state index in [9.17, 15) is 9.59 Å². The van der Waals surface area contributed by atoms with Crippen molar-refractivity contribution >= 4 is 11.9 Å². The zero-order valence-corrected chi connectivity index (χ0v) is 31.0. The van der Waals surface area contributed by atoms with Crippen molar-refractivity contribution in [3.8, 4) is 23.0 Å². The number of benzene rings is 3. The van der Waals surface area contributed by atoms with Crippen LogP contribution in [0, 0.1) is 10.8 Å². The number of rotatable bonds is 24. The van der Waals surface area contributed by atoms with E-state index in [0.717, 1.165) is 83.7 Å². The lowest BCUT2D eigenvalue weighted by atomic mass is 9.68. The quantitative estimate of drug-likeness (QED) is 0.0510. The highest BCUT2D eigenvalue weighted by atomic mass is 16.5. The van der Waals surface area contributed by atoms with Crippen LogP contribution in [0.1, 0.15) is 105 Å². The molecule has 0 spiro atoms. The van der Waals surface area contributed by atoms with Crippen LogP contribution in [0.3, 0.4) is 0 Å². The molecule has 0 bridgehead atoms. The van der Waals surface area contributed by atoms with E-state index in [1.54, 1.807) is 72.8 Å². The van der Waals surface area contributed by atoms with Crippen molar-refractivity contribution in [3.05, 3.63) is 83.9 Å². The van der Waals surface area contributed by atoms with Gasteiger partial charge in [0.05, 0.1) is 50.8 Å². The summed E-state index contributed by atoms with van der Waals surface area (Å²) in [5.74, 6) is 1.11. The molecule has 282 valence electrons. The van der Waals surface area contributed by atoms with Gasteiger partial charge in [-0.1, -0.05) is 26.7 Å². The first-order chi connectivity index (χ1) is 25.4. The van der Waals surface area contributed by atoms with Crippen molar-refractivity contribution in [2.24, 2.45) is 10.8 Å². The van der Waals surface area contributed by atoms with Crippen molar-refractivity contribution in [2.75, 3.05) is 52.9 Å². The first-order valence-corrected chi connectivity index (χ1v) is 19.1. The second-order valence-electron chi connectivity index (χ2n) is 14.3. The molecule has 1 aliphatic heterocycles. The average molecular weight is 717 g/mol. The lowest BCUT2D eigenvalue weighted by Crippen LogP contribution is -2.45. The summed E-state index contributed by atoms with van der Waals surface area (Å²) >= 11 is 0. The molecule has 52 heavy (non-hydrogen) atoms. The van der Waals surface area contributed by atoms with Crippen LogP contribution in [-0.4, -0.2) is 64.8 Å². The van der Waals surface area contributed by atoms with Crippen LogP contribution < -0.4 is 18.9 Å². The van der Waals surface area contributed by atoms with Gasteiger partial charge in [0.2, 0.25) is 0 Å². The van der Waals surface area contributed by atoms with Crippen LogP contribution >= 0.6 is 0 Å². The fraction of sp³-hybridized carbons (Fsp3) is 0.535. The minimum absolute atomic E-state index is 0.214. The van der Waals surface area contributed by atoms with Gasteiger partial charge in [-0.25, -0.2) is 9.59 Å². The van der Waals surface area contributed by atoms with Gasteiger partial charge in [-0.3, -0.25) is 0 Å². The number of hydrogen-bond donors (Lipinski definition) is 0. The fourth-order valence-corrected chi connectivity index (χ4v) is 6.26. The largest absolute Gasteiger partial charge is 0.494 e. The fourth-order valence-electron chi connectivity index (χ4n) is 6.26. The molecule has 0 radical (unpaired) electrons. The van der Waals surface area contributed by atoms with E-state index in [4.69, 9.17) is 33.2 Å². The van der Waals surface area contributed by atoms with Crippen LogP contribution in [0.4, 0.5) is 0 Å². The van der Waals surface area contributed by atoms with E-state index in [2.05, 4.69) is 13.8 Å². The Morgan fingerprint density at radius 1 is 0.538 bits per heavy atom. The lowest BCUT2D eigenvalue weighted by molar-refractivity contribution is -0.150. The van der Waals surface area contributed by atoms with Crippen LogP contribution in [0.5, 0.6) is 23.0 Å². The Morgan fingerprint density at radius 3 is 1.35 bits per heavy atom. The van der Waals surface area contributed by atoms with Gasteiger partial charge in [0.1, 0.15) is 23.0 Å². The average Bonchev–Trinajstić information content (AvgIpc) is 3.13. The highest BCUT2D eigenvalue weighted by Gasteiger charge is 2.37. The first-order valence-electron chi connectivity index (χ1n) is 19.1. The molecule has 0 aromatic heterocycles. The topological polar surface area (TPSA) is 98.8 Å². The predicted octanol–water partition coefficient (Wildman–Crippen LogP) is 9.26. The number of carbonyl (C=O) groups is 2. The number of hydrogen-bond acceptors (Lipinski definition) is 9. The van der Waals surface area contributed by atoms with Crippen LogP contribution in [-0.2, 0) is 14.2 Å². The molecule has 9 nitrogen and oxygen atoms in total. The third-order valence-corrected chi connectivity index (χ3v) is 10.4. The highest BCUT2D eigenvalue weighted by Crippen LogP contribution is 2.43. The molecule has 2 aliphatic rings. The predicted molar refractivity (Wildman–Crippen MR) is 200 cm³/mol. The lowest BCUT2D eigenvalue weighted by Gasteiger charge is -2.40. The molecule has 3 aromatic carbocycles. The molecular weight excluding hydrogens is 660 g/mol. The molecule has 0 unspecified atom stereocenters. The third-order valence-electron chi connectivity index (χ3n) is 10.4. The maximum Gasteiger partial charge on any atom is 0.343 e. The smallest absolute Gasteiger partial charge is 0.343 e. The molecule has 1 saturated carbocycles. The third kappa shape index (κ3) is 12.1. The Hall–Kier alpha value is -3.92. The molecule has 9 heteroatoms. The molecular formula is C43H56O9. The molecule has 2 fully saturated rings. The maximum absolute atomic E-state index is 12.7. The highest BCUT2D eigenvalue weighted by molar-refractivity contribution is 5.92. The van der Waals surface area contributed by atoms with Gasteiger partial charge in [0.15, 0.2) is 0 Å². The van der Waals surface area contributed by atoms with Crippen molar-refractivity contribution in [2.45, 2.75) is 84.5 Å². The van der Waals surface area contributed by atoms with Gasteiger partial charge >= 0.3 is 11.9 Å². The second-order valence-corrected chi connectivity index (χ2v) is 14.3. The van der Waals surface area contributed by atoms with E-state index >= 15 is 0 Å². The normalized spacial score (nSPS) is 15.6. The van der Waals surface area contributed by atoms with Gasteiger partial charge in [-0.2, -0.15) is 0 Å². The maximum atomic E-state index is 12.7. The van der Waals surface area contributed by atoms with Gasteiger partial charge < -0.3 is 33.2 Å². The number of carbonyl (C=O) groups excluding carboxylic acids is 2. The minimum Gasteiger partial charge on any atom is -0.494 e. The SMILES string of the molecule is CCC1(COCCCCCCOc2ccc(C(=O)Oc3ccc(OC(=O)c4ccc(OCCCCOCC5(CC)COC5)cc4)cc3)cc2)CCC1. The van der Waals surface area contributed by atoms with Crippen molar-refractivity contribution in [3.63, 3.8) is 0 Å². The Kier molecular flexibility index (Phi) is 15.4. The van der Waals surface area contributed by atoms with Crippen LogP contribution in [0.25, 0.3) is 0 Å². The van der Waals surface area contributed by atoms with Crippen molar-refractivity contribution in [1.29, 1.82) is 0 Å². The molecule has 5 rings (SSSR count). The minimum atomic E-state index is -0.494. The monoisotopic (exact) mass is 716 g/mol. The summed E-state index contributed by atoms with van der Waals surface area (Å²) < 4.78 is 39.8. The van der Waals surface area contributed by atoms with Gasteiger partial charge in [-0.05, 0) is 136 Å². The molecule has 0 amide bonds. The van der Waals surface area contributed by atoms with E-state index in [-0.39, 0.29) is 5.41 Å². The zero-order valence-electron chi connectivity index (χ0n) is 31.0. The summed E-state index contributed by atoms with van der Waals surface area (Å²) in [7, 11) is 0. The Balaban J connectivity index is 0.918. The Labute approximate surface area is 309 Å². The Bertz CT molecular complexity index is 1480. The van der Waals surface area contributed by atoms with Gasteiger partial charge in [0, 0.05) is 18.6 Å². The zero-order chi connectivity index (χ0) is 36.5. The number of unbranched alkanes of at least 4 members (excludes halogenated alkanes) is 4. The summed E-state index contributed by atoms with van der Waals surface area (Å²) in [5.41, 5.74) is 1.50. The summed E-state index contributed by atoms with van der Waals surface area (Å²) in [6, 6.07) is 20.2. The van der Waals surface area contributed by atoms with E-state index in [1.165, 1.54) is 25.7 Å². The summed E-state index contributed by atoms with van der Waals surface area (Å²) in [6.45, 7) is 10.5. The molecule has 1 saturated heterocycles. The van der Waals surface area contributed by atoms with E-state index in [1.807, 2.05) is 0 Å². The summed E-state index contributed by atoms with van der Waals surface area (Å²) in [4.78, 5) is 25.4. The van der Waals surface area contributed by atoms with Gasteiger partial charge in [0.25, 0.3) is 0 Å². The molecule has 0 N–H and O–H groups in total. The molecule has 1 aliphatic carbocycles. The van der Waals surface area contributed by atoms with Crippen LogP contribution in [0.15, 0.2) is 72.8 Å². The first kappa shape index (κ1) is 39.3. The molecule has 1 heterocycles. The Morgan fingerprint density at radius 2 is 0.942 bits per heavy atom. The second kappa shape index (κ2) is 20.4. The van der Waals surface area contributed by atoms with E-state index in [0.29, 0.717) is 53.6 Å². The molecule has 0 atom stereocenters. The van der Waals surface area contributed by atoms with Gasteiger partial charge in [-0.15, -0.1) is 0 Å². The standard InChI is InChI=1S/C43H56O9/c1-3-42(24-11-25-42)30-46-26-7-5-6-8-28-49-36-16-12-34(13-17-36)40(44)51-38-20-22-39(23-21-38)52-41(45)35-14-18-37(19-15-35)50-29-10-9-27-47-31-43(4-2)32-48-33-43/h12-23H,3-11,24-33H2,1-2H3. The van der Waals surface area contributed by atoms with Crippen molar-refractivity contribution < 1.29 is 42.7 Å². The summed E-state index contributed by atoms with van der Waals surface area (Å²) in [6.07, 6.45) is 12.4. The van der Waals surface area contributed by atoms with E-state index < -0.39 is 11.9 Å². The number of ether oxygens (including phenoxy) is 7. The van der Waals surface area contributed by atoms with Crippen LogP contribution in [0.2, 0.25) is 0 Å².